The van der Waals surface area contributed by atoms with E-state index in [-0.39, 0.29) is 18.4 Å². The van der Waals surface area contributed by atoms with E-state index in [0.29, 0.717) is 12.4 Å². The first-order valence-corrected chi connectivity index (χ1v) is 5.42. The second-order valence-electron chi connectivity index (χ2n) is 4.51. The van der Waals surface area contributed by atoms with Crippen LogP contribution < -0.4 is 10.1 Å². The van der Waals surface area contributed by atoms with Crippen LogP contribution in [0.2, 0.25) is 0 Å². The lowest BCUT2D eigenvalue weighted by atomic mass is 9.92. The number of phenols is 1. The number of phenolic OH excluding ortho intramolecular Hbond substituents is 1. The topological polar surface area (TPSA) is 61.7 Å². The van der Waals surface area contributed by atoms with E-state index in [1.807, 2.05) is 13.8 Å². The van der Waals surface area contributed by atoms with Gasteiger partial charge in [0.1, 0.15) is 23.6 Å². The lowest BCUT2D eigenvalue weighted by molar-refractivity contribution is 0.122. The minimum Gasteiger partial charge on any atom is -0.508 e. The molecule has 4 nitrogen and oxygen atoms in total. The summed E-state index contributed by atoms with van der Waals surface area (Å²) in [5.74, 6) is 0.819. The van der Waals surface area contributed by atoms with Crippen molar-refractivity contribution in [1.29, 1.82) is 0 Å². The van der Waals surface area contributed by atoms with Gasteiger partial charge in [-0.3, -0.25) is 0 Å². The highest BCUT2D eigenvalue weighted by molar-refractivity contribution is 5.47. The molecule has 0 bridgehead atoms. The predicted octanol–water partition coefficient (Wildman–Crippen LogP) is 0.970. The molecule has 1 aromatic rings. The summed E-state index contributed by atoms with van der Waals surface area (Å²) in [4.78, 5) is 0. The fourth-order valence-corrected chi connectivity index (χ4v) is 2.15. The highest BCUT2D eigenvalue weighted by Gasteiger charge is 2.40. The maximum Gasteiger partial charge on any atom is 0.128 e. The first-order chi connectivity index (χ1) is 7.57. The van der Waals surface area contributed by atoms with Gasteiger partial charge in [0.25, 0.3) is 0 Å². The Kier molecular flexibility index (Phi) is 2.78. The molecule has 0 amide bonds. The van der Waals surface area contributed by atoms with E-state index in [1.54, 1.807) is 18.2 Å². The van der Waals surface area contributed by atoms with Gasteiger partial charge < -0.3 is 20.3 Å². The first-order valence-electron chi connectivity index (χ1n) is 5.42. The Morgan fingerprint density at radius 2 is 2.25 bits per heavy atom. The van der Waals surface area contributed by atoms with Crippen LogP contribution in [0.3, 0.4) is 0 Å². The third kappa shape index (κ3) is 1.74. The fourth-order valence-electron chi connectivity index (χ4n) is 2.15. The molecule has 0 aromatic heterocycles. The minimum absolute atomic E-state index is 0.0248. The molecule has 2 rings (SSSR count). The molecule has 1 aliphatic rings. The summed E-state index contributed by atoms with van der Waals surface area (Å²) in [5, 5.41) is 22.3. The van der Waals surface area contributed by atoms with Crippen molar-refractivity contribution in [2.75, 3.05) is 13.2 Å². The van der Waals surface area contributed by atoms with Crippen LogP contribution in [0.5, 0.6) is 11.5 Å². The van der Waals surface area contributed by atoms with Crippen LogP contribution in [0.25, 0.3) is 0 Å². The molecular weight excluding hydrogens is 206 g/mol. The molecule has 0 spiro atoms. The average Bonchev–Trinajstić information content (AvgIpc) is 2.56. The molecule has 0 aliphatic carbocycles. The Bertz CT molecular complexity index is 392. The molecule has 1 heterocycles. The predicted molar refractivity (Wildman–Crippen MR) is 60.6 cm³/mol. The second kappa shape index (κ2) is 3.96. The molecule has 0 radical (unpaired) electrons. The van der Waals surface area contributed by atoms with Crippen LogP contribution in [0.1, 0.15) is 19.4 Å². The number of aliphatic hydroxyl groups is 1. The van der Waals surface area contributed by atoms with Gasteiger partial charge in [-0.2, -0.15) is 0 Å². The second-order valence-corrected chi connectivity index (χ2v) is 4.51. The number of benzene rings is 1. The molecular formula is C12H17NO3. The first kappa shape index (κ1) is 11.2. The molecule has 88 valence electrons. The van der Waals surface area contributed by atoms with Crippen molar-refractivity contribution >= 4 is 0 Å². The summed E-state index contributed by atoms with van der Waals surface area (Å²) in [6.07, 6.45) is 0. The number of fused-ring (bicyclic) bond motifs is 1. The maximum atomic E-state index is 9.58. The quantitative estimate of drug-likeness (QED) is 0.714. The van der Waals surface area contributed by atoms with Gasteiger partial charge in [-0.15, -0.1) is 0 Å². The molecule has 0 saturated carbocycles. The number of rotatable bonds is 3. The van der Waals surface area contributed by atoms with Crippen molar-refractivity contribution in [2.45, 2.75) is 25.4 Å². The van der Waals surface area contributed by atoms with Crippen LogP contribution >= 0.6 is 0 Å². The number of hydrogen-bond donors (Lipinski definition) is 3. The summed E-state index contributed by atoms with van der Waals surface area (Å²) in [5.41, 5.74) is 0.360. The zero-order chi connectivity index (χ0) is 11.8. The van der Waals surface area contributed by atoms with Crippen molar-refractivity contribution in [3.8, 4) is 11.5 Å². The van der Waals surface area contributed by atoms with Crippen molar-refractivity contribution in [1.82, 2.24) is 5.32 Å². The Morgan fingerprint density at radius 1 is 1.50 bits per heavy atom. The van der Waals surface area contributed by atoms with Crippen molar-refractivity contribution in [2.24, 2.45) is 0 Å². The van der Waals surface area contributed by atoms with Crippen molar-refractivity contribution in [3.05, 3.63) is 23.8 Å². The van der Waals surface area contributed by atoms with Gasteiger partial charge in [0.2, 0.25) is 0 Å². The largest absolute Gasteiger partial charge is 0.508 e. The summed E-state index contributed by atoms with van der Waals surface area (Å²) in [6.45, 7) is 4.41. The van der Waals surface area contributed by atoms with Crippen LogP contribution in [-0.4, -0.2) is 29.5 Å². The molecule has 3 N–H and O–H groups in total. The molecule has 0 fully saturated rings. The smallest absolute Gasteiger partial charge is 0.128 e. The van der Waals surface area contributed by atoms with Gasteiger partial charge in [-0.05, 0) is 26.0 Å². The van der Waals surface area contributed by atoms with E-state index < -0.39 is 5.54 Å². The molecule has 1 aromatic carbocycles. The van der Waals surface area contributed by atoms with Crippen molar-refractivity contribution in [3.63, 3.8) is 0 Å². The normalized spacial score (nSPS) is 23.2. The van der Waals surface area contributed by atoms with Gasteiger partial charge in [0.05, 0.1) is 6.61 Å². The van der Waals surface area contributed by atoms with Gasteiger partial charge in [-0.25, -0.2) is 0 Å². The zero-order valence-electron chi connectivity index (χ0n) is 9.53. The molecule has 1 unspecified atom stereocenters. The highest BCUT2D eigenvalue weighted by atomic mass is 16.5. The Hall–Kier alpha value is -1.26. The van der Waals surface area contributed by atoms with Crippen LogP contribution in [0.15, 0.2) is 18.2 Å². The number of aliphatic hydroxyl groups excluding tert-OH is 1. The third-order valence-electron chi connectivity index (χ3n) is 2.79. The van der Waals surface area contributed by atoms with E-state index in [2.05, 4.69) is 5.32 Å². The summed E-state index contributed by atoms with van der Waals surface area (Å²) >= 11 is 0. The van der Waals surface area contributed by atoms with E-state index in [0.717, 1.165) is 5.56 Å². The molecule has 1 atom stereocenters. The van der Waals surface area contributed by atoms with Gasteiger partial charge in [0.15, 0.2) is 0 Å². The third-order valence-corrected chi connectivity index (χ3v) is 2.79. The van der Waals surface area contributed by atoms with Gasteiger partial charge >= 0.3 is 0 Å². The SMILES string of the molecule is CC(C)NC1(CO)COc2cc(O)ccc21. The fraction of sp³-hybridized carbons (Fsp3) is 0.500. The van der Waals surface area contributed by atoms with E-state index in [9.17, 15) is 10.2 Å². The maximum absolute atomic E-state index is 9.58. The Balaban J connectivity index is 2.39. The Labute approximate surface area is 94.9 Å². The monoisotopic (exact) mass is 223 g/mol. The number of nitrogens with one attached hydrogen (secondary N) is 1. The van der Waals surface area contributed by atoms with E-state index in [1.165, 1.54) is 0 Å². The van der Waals surface area contributed by atoms with Crippen LogP contribution in [-0.2, 0) is 5.54 Å². The summed E-state index contributed by atoms with van der Waals surface area (Å²) < 4.78 is 5.50. The summed E-state index contributed by atoms with van der Waals surface area (Å²) in [7, 11) is 0. The minimum atomic E-state index is -0.544. The molecule has 1 aliphatic heterocycles. The van der Waals surface area contributed by atoms with Crippen LogP contribution in [0.4, 0.5) is 0 Å². The zero-order valence-corrected chi connectivity index (χ0v) is 9.53. The van der Waals surface area contributed by atoms with E-state index in [4.69, 9.17) is 4.74 Å². The standard InChI is InChI=1S/C12H17NO3/c1-8(2)13-12(6-14)7-16-11-5-9(15)3-4-10(11)12/h3-5,8,13-15H,6-7H2,1-2H3. The summed E-state index contributed by atoms with van der Waals surface area (Å²) in [6, 6.07) is 5.23. The van der Waals surface area contributed by atoms with Crippen LogP contribution in [0, 0.1) is 0 Å². The van der Waals surface area contributed by atoms with E-state index >= 15 is 0 Å². The van der Waals surface area contributed by atoms with Gasteiger partial charge in [-0.1, -0.05) is 0 Å². The van der Waals surface area contributed by atoms with Gasteiger partial charge in [0, 0.05) is 17.7 Å². The number of aromatic hydroxyl groups is 1. The lowest BCUT2D eigenvalue weighted by Gasteiger charge is -2.29. The number of hydrogen-bond acceptors (Lipinski definition) is 4. The molecule has 16 heavy (non-hydrogen) atoms. The lowest BCUT2D eigenvalue weighted by Crippen LogP contribution is -2.50. The van der Waals surface area contributed by atoms with Crippen molar-refractivity contribution < 1.29 is 14.9 Å². The highest BCUT2D eigenvalue weighted by Crippen LogP contribution is 2.39. The number of ether oxygens (including phenoxy) is 1. The molecule has 0 saturated heterocycles. The molecule has 4 heteroatoms. The average molecular weight is 223 g/mol. The Morgan fingerprint density at radius 3 is 2.88 bits per heavy atom.